The molecule has 2 fully saturated rings. The largest absolute Gasteiger partial charge is 0.489 e. The van der Waals surface area contributed by atoms with Crippen LogP contribution in [-0.2, 0) is 14.4 Å². The predicted octanol–water partition coefficient (Wildman–Crippen LogP) is 2.02. The predicted molar refractivity (Wildman–Crippen MR) is 76.7 cm³/mol. The SMILES string of the molecule is O=C(ON1CC[C@@H](Oc2ccccc2)C1)C1CCOCC1. The van der Waals surface area contributed by atoms with Crippen LogP contribution in [0.3, 0.4) is 0 Å². The Kier molecular flexibility index (Phi) is 4.72. The van der Waals surface area contributed by atoms with Crippen molar-refractivity contribution in [1.82, 2.24) is 5.06 Å². The van der Waals surface area contributed by atoms with E-state index in [0.29, 0.717) is 19.8 Å². The molecule has 3 rings (SSSR count). The van der Waals surface area contributed by atoms with Crippen LogP contribution in [0.5, 0.6) is 5.75 Å². The molecule has 2 aliphatic heterocycles. The first-order valence-electron chi connectivity index (χ1n) is 7.57. The molecule has 0 aromatic heterocycles. The number of hydrogen-bond acceptors (Lipinski definition) is 5. The van der Waals surface area contributed by atoms with Gasteiger partial charge in [0.05, 0.1) is 12.5 Å². The maximum absolute atomic E-state index is 12.1. The summed E-state index contributed by atoms with van der Waals surface area (Å²) in [7, 11) is 0. The Morgan fingerprint density at radius 2 is 1.90 bits per heavy atom. The van der Waals surface area contributed by atoms with E-state index in [4.69, 9.17) is 14.3 Å². The summed E-state index contributed by atoms with van der Waals surface area (Å²) in [4.78, 5) is 17.5. The quantitative estimate of drug-likeness (QED) is 0.849. The topological polar surface area (TPSA) is 48.0 Å². The van der Waals surface area contributed by atoms with Crippen molar-refractivity contribution in [2.24, 2.45) is 5.92 Å². The van der Waals surface area contributed by atoms with Gasteiger partial charge in [-0.3, -0.25) is 4.79 Å². The van der Waals surface area contributed by atoms with Gasteiger partial charge in [-0.25, -0.2) is 0 Å². The average molecular weight is 291 g/mol. The second-order valence-electron chi connectivity index (χ2n) is 5.53. The second kappa shape index (κ2) is 6.91. The van der Waals surface area contributed by atoms with Gasteiger partial charge in [0.1, 0.15) is 11.9 Å². The minimum Gasteiger partial charge on any atom is -0.489 e. The van der Waals surface area contributed by atoms with Gasteiger partial charge in [-0.2, -0.15) is 0 Å². The normalized spacial score (nSPS) is 23.9. The van der Waals surface area contributed by atoms with Crippen LogP contribution in [-0.4, -0.2) is 43.4 Å². The summed E-state index contributed by atoms with van der Waals surface area (Å²) in [6, 6.07) is 9.75. The number of hydrogen-bond donors (Lipinski definition) is 0. The fourth-order valence-electron chi connectivity index (χ4n) is 2.70. The average Bonchev–Trinajstić information content (AvgIpc) is 2.96. The first-order valence-corrected chi connectivity index (χ1v) is 7.57. The number of benzene rings is 1. The third kappa shape index (κ3) is 3.95. The van der Waals surface area contributed by atoms with E-state index in [1.54, 1.807) is 5.06 Å². The summed E-state index contributed by atoms with van der Waals surface area (Å²) in [5, 5.41) is 1.73. The van der Waals surface area contributed by atoms with Crippen LogP contribution in [0.15, 0.2) is 30.3 Å². The molecule has 1 aromatic carbocycles. The van der Waals surface area contributed by atoms with E-state index < -0.39 is 0 Å². The van der Waals surface area contributed by atoms with Crippen LogP contribution in [0.25, 0.3) is 0 Å². The van der Waals surface area contributed by atoms with Gasteiger partial charge in [0, 0.05) is 26.2 Å². The lowest BCUT2D eigenvalue weighted by molar-refractivity contribution is -0.194. The smallest absolute Gasteiger partial charge is 0.328 e. The van der Waals surface area contributed by atoms with Gasteiger partial charge < -0.3 is 14.3 Å². The van der Waals surface area contributed by atoms with Gasteiger partial charge in [-0.1, -0.05) is 18.2 Å². The van der Waals surface area contributed by atoms with Crippen molar-refractivity contribution < 1.29 is 19.1 Å². The number of nitrogens with zero attached hydrogens (tertiary/aromatic N) is 1. The highest BCUT2D eigenvalue weighted by Gasteiger charge is 2.30. The second-order valence-corrected chi connectivity index (χ2v) is 5.53. The summed E-state index contributed by atoms with van der Waals surface area (Å²) < 4.78 is 11.1. The highest BCUT2D eigenvalue weighted by molar-refractivity contribution is 5.72. The fraction of sp³-hybridized carbons (Fsp3) is 0.562. The van der Waals surface area contributed by atoms with E-state index >= 15 is 0 Å². The molecule has 0 amide bonds. The van der Waals surface area contributed by atoms with Crippen LogP contribution in [0, 0.1) is 5.92 Å². The third-order valence-corrected chi connectivity index (χ3v) is 3.93. The van der Waals surface area contributed by atoms with Crippen LogP contribution in [0.2, 0.25) is 0 Å². The summed E-state index contributed by atoms with van der Waals surface area (Å²) in [5.74, 6) is 0.714. The van der Waals surface area contributed by atoms with Gasteiger partial charge in [-0.05, 0) is 25.0 Å². The Morgan fingerprint density at radius 3 is 2.67 bits per heavy atom. The lowest BCUT2D eigenvalue weighted by atomic mass is 10.0. The van der Waals surface area contributed by atoms with E-state index in [1.807, 2.05) is 30.3 Å². The molecular weight excluding hydrogens is 270 g/mol. The molecule has 0 N–H and O–H groups in total. The minimum absolute atomic E-state index is 0.0205. The zero-order valence-electron chi connectivity index (χ0n) is 12.1. The van der Waals surface area contributed by atoms with Crippen molar-refractivity contribution in [3.8, 4) is 5.75 Å². The molecule has 0 radical (unpaired) electrons. The fourth-order valence-corrected chi connectivity index (χ4v) is 2.70. The van der Waals surface area contributed by atoms with Gasteiger partial charge in [-0.15, -0.1) is 5.06 Å². The van der Waals surface area contributed by atoms with Crippen LogP contribution < -0.4 is 4.74 Å². The lowest BCUT2D eigenvalue weighted by Gasteiger charge is -2.23. The van der Waals surface area contributed by atoms with Crippen molar-refractivity contribution in [2.45, 2.75) is 25.4 Å². The van der Waals surface area contributed by atoms with Crippen molar-refractivity contribution in [2.75, 3.05) is 26.3 Å². The molecule has 2 saturated heterocycles. The van der Waals surface area contributed by atoms with E-state index in [-0.39, 0.29) is 18.0 Å². The Balaban J connectivity index is 1.45. The molecule has 21 heavy (non-hydrogen) atoms. The molecule has 114 valence electrons. The highest BCUT2D eigenvalue weighted by atomic mass is 16.7. The summed E-state index contributed by atoms with van der Waals surface area (Å²) in [6.07, 6.45) is 2.47. The van der Waals surface area contributed by atoms with Crippen molar-refractivity contribution in [3.05, 3.63) is 30.3 Å². The molecular formula is C16H21NO4. The zero-order valence-corrected chi connectivity index (χ0v) is 12.1. The summed E-state index contributed by atoms with van der Waals surface area (Å²) in [5.41, 5.74) is 0. The maximum Gasteiger partial charge on any atom is 0.328 e. The molecule has 0 aliphatic carbocycles. The van der Waals surface area contributed by atoms with Gasteiger partial charge in [0.15, 0.2) is 0 Å². The number of rotatable bonds is 4. The Labute approximate surface area is 124 Å². The monoisotopic (exact) mass is 291 g/mol. The molecule has 0 bridgehead atoms. The zero-order chi connectivity index (χ0) is 14.5. The van der Waals surface area contributed by atoms with E-state index in [2.05, 4.69) is 0 Å². The number of ether oxygens (including phenoxy) is 2. The Morgan fingerprint density at radius 1 is 1.14 bits per heavy atom. The number of hydroxylamine groups is 2. The highest BCUT2D eigenvalue weighted by Crippen LogP contribution is 2.21. The number of carbonyl (C=O) groups is 1. The molecule has 2 heterocycles. The first kappa shape index (κ1) is 14.4. The molecule has 5 nitrogen and oxygen atoms in total. The van der Waals surface area contributed by atoms with E-state index in [1.165, 1.54) is 0 Å². The number of carbonyl (C=O) groups excluding carboxylic acids is 1. The van der Waals surface area contributed by atoms with Crippen LogP contribution >= 0.6 is 0 Å². The Bertz CT molecular complexity index is 459. The standard InChI is InChI=1S/C16H21NO4/c18-16(13-7-10-19-11-8-13)21-17-9-6-15(12-17)20-14-4-2-1-3-5-14/h1-5,13,15H,6-12H2/t15-/m1/s1. The van der Waals surface area contributed by atoms with Crippen molar-refractivity contribution in [3.63, 3.8) is 0 Å². The van der Waals surface area contributed by atoms with Crippen molar-refractivity contribution in [1.29, 1.82) is 0 Å². The van der Waals surface area contributed by atoms with Gasteiger partial charge >= 0.3 is 5.97 Å². The molecule has 1 aromatic rings. The summed E-state index contributed by atoms with van der Waals surface area (Å²) in [6.45, 7) is 2.66. The van der Waals surface area contributed by atoms with Gasteiger partial charge in [0.25, 0.3) is 0 Å². The van der Waals surface area contributed by atoms with Crippen molar-refractivity contribution >= 4 is 5.97 Å². The van der Waals surface area contributed by atoms with Gasteiger partial charge in [0.2, 0.25) is 0 Å². The summed E-state index contributed by atoms with van der Waals surface area (Å²) >= 11 is 0. The Hall–Kier alpha value is -1.59. The maximum atomic E-state index is 12.1. The van der Waals surface area contributed by atoms with E-state index in [0.717, 1.165) is 31.6 Å². The minimum atomic E-state index is -0.126. The van der Waals surface area contributed by atoms with E-state index in [9.17, 15) is 4.79 Å². The first-order chi connectivity index (χ1) is 10.3. The molecule has 0 unspecified atom stereocenters. The molecule has 1 atom stereocenters. The number of para-hydroxylation sites is 1. The molecule has 5 heteroatoms. The molecule has 0 saturated carbocycles. The molecule has 0 spiro atoms. The van der Waals surface area contributed by atoms with Crippen LogP contribution in [0.4, 0.5) is 0 Å². The third-order valence-electron chi connectivity index (χ3n) is 3.93. The molecule has 2 aliphatic rings. The van der Waals surface area contributed by atoms with Crippen LogP contribution in [0.1, 0.15) is 19.3 Å². The lowest BCUT2D eigenvalue weighted by Crippen LogP contribution is -2.33.